The molecule has 0 aliphatic rings. The topological polar surface area (TPSA) is 117 Å². The quantitative estimate of drug-likeness (QED) is 0.431. The third-order valence-corrected chi connectivity index (χ3v) is 6.75. The second-order valence-corrected chi connectivity index (χ2v) is 9.09. The summed E-state index contributed by atoms with van der Waals surface area (Å²) >= 11 is 2.73. The fourth-order valence-electron chi connectivity index (χ4n) is 2.36. The van der Waals surface area contributed by atoms with Gasteiger partial charge in [0.2, 0.25) is 0 Å². The standard InChI is InChI=1S/C17H13N5O3S3/c23-16(14-10-13(20-21-14)15-2-1-8-26-15)19-11-3-5-12(6-4-11)28(24,25)22-17-18-7-9-27-17/h1-10H,(H,18,22)(H,19,23)(H,20,21). The van der Waals surface area contributed by atoms with E-state index in [1.54, 1.807) is 22.8 Å². The Bertz CT molecular complexity index is 1180. The Labute approximate surface area is 168 Å². The smallest absolute Gasteiger partial charge is 0.276 e. The predicted octanol–water partition coefficient (Wildman–Crippen LogP) is 3.65. The molecule has 3 heterocycles. The van der Waals surface area contributed by atoms with Crippen LogP contribution in [0.5, 0.6) is 0 Å². The van der Waals surface area contributed by atoms with E-state index in [-0.39, 0.29) is 15.7 Å². The number of H-pyrrole nitrogens is 1. The summed E-state index contributed by atoms with van der Waals surface area (Å²) in [6.07, 6.45) is 1.51. The average molecular weight is 432 g/mol. The van der Waals surface area contributed by atoms with Gasteiger partial charge in [-0.1, -0.05) is 6.07 Å². The van der Waals surface area contributed by atoms with E-state index in [9.17, 15) is 13.2 Å². The zero-order valence-corrected chi connectivity index (χ0v) is 16.6. The van der Waals surface area contributed by atoms with Crippen molar-refractivity contribution in [3.05, 3.63) is 65.1 Å². The fourth-order valence-corrected chi connectivity index (χ4v) is 4.84. The summed E-state index contributed by atoms with van der Waals surface area (Å²) in [6.45, 7) is 0. The number of amides is 1. The van der Waals surface area contributed by atoms with Crippen molar-refractivity contribution in [1.29, 1.82) is 0 Å². The Morgan fingerprint density at radius 2 is 1.89 bits per heavy atom. The van der Waals surface area contributed by atoms with Gasteiger partial charge in [-0.25, -0.2) is 13.4 Å². The SMILES string of the molecule is O=C(Nc1ccc(S(=O)(=O)Nc2nccs2)cc1)c1cc(-c2cccs2)[nH]n1. The van der Waals surface area contributed by atoms with Gasteiger partial charge in [0.15, 0.2) is 10.8 Å². The van der Waals surface area contributed by atoms with E-state index in [0.29, 0.717) is 5.69 Å². The molecule has 0 fully saturated rings. The molecule has 8 nitrogen and oxygen atoms in total. The monoisotopic (exact) mass is 431 g/mol. The lowest BCUT2D eigenvalue weighted by atomic mass is 10.3. The number of nitrogens with one attached hydrogen (secondary N) is 3. The van der Waals surface area contributed by atoms with Crippen molar-refractivity contribution in [2.75, 3.05) is 10.0 Å². The number of sulfonamides is 1. The van der Waals surface area contributed by atoms with Crippen LogP contribution in [0.3, 0.4) is 0 Å². The molecule has 0 bridgehead atoms. The van der Waals surface area contributed by atoms with E-state index in [1.807, 2.05) is 17.5 Å². The Balaban J connectivity index is 1.45. The molecule has 0 saturated heterocycles. The lowest BCUT2D eigenvalue weighted by molar-refractivity contribution is 0.102. The predicted molar refractivity (Wildman–Crippen MR) is 109 cm³/mol. The van der Waals surface area contributed by atoms with Gasteiger partial charge in [0.1, 0.15) is 0 Å². The number of hydrogen-bond acceptors (Lipinski definition) is 7. The first-order valence-electron chi connectivity index (χ1n) is 7.94. The van der Waals surface area contributed by atoms with E-state index < -0.39 is 15.9 Å². The summed E-state index contributed by atoms with van der Waals surface area (Å²) in [6, 6.07) is 11.4. The van der Waals surface area contributed by atoms with Crippen LogP contribution in [0, 0.1) is 0 Å². The molecular weight excluding hydrogens is 418 g/mol. The number of hydrogen-bond donors (Lipinski definition) is 3. The Hall–Kier alpha value is -3.02. The van der Waals surface area contributed by atoms with Crippen LogP contribution in [0.25, 0.3) is 10.6 Å². The molecule has 0 aliphatic carbocycles. The first kappa shape index (κ1) is 18.3. The third kappa shape index (κ3) is 3.96. The van der Waals surface area contributed by atoms with Gasteiger partial charge in [0.05, 0.1) is 15.5 Å². The molecule has 3 aromatic heterocycles. The van der Waals surface area contributed by atoms with E-state index >= 15 is 0 Å². The molecule has 142 valence electrons. The van der Waals surface area contributed by atoms with Gasteiger partial charge in [0.25, 0.3) is 15.9 Å². The molecule has 3 N–H and O–H groups in total. The molecule has 11 heteroatoms. The van der Waals surface area contributed by atoms with Crippen molar-refractivity contribution in [2.45, 2.75) is 4.90 Å². The number of carbonyl (C=O) groups excluding carboxylic acids is 1. The van der Waals surface area contributed by atoms with Crippen molar-refractivity contribution in [3.8, 4) is 10.6 Å². The number of benzene rings is 1. The summed E-state index contributed by atoms with van der Waals surface area (Å²) < 4.78 is 27.0. The van der Waals surface area contributed by atoms with Crippen LogP contribution < -0.4 is 10.0 Å². The summed E-state index contributed by atoms with van der Waals surface area (Å²) in [5.74, 6) is -0.393. The zero-order valence-electron chi connectivity index (χ0n) is 14.1. The number of nitrogens with zero attached hydrogens (tertiary/aromatic N) is 2. The molecule has 28 heavy (non-hydrogen) atoms. The summed E-state index contributed by atoms with van der Waals surface area (Å²) in [4.78, 5) is 17.3. The van der Waals surface area contributed by atoms with Gasteiger partial charge in [-0.3, -0.25) is 14.6 Å². The first-order chi connectivity index (χ1) is 13.5. The van der Waals surface area contributed by atoms with Crippen LogP contribution in [0.15, 0.2) is 64.3 Å². The van der Waals surface area contributed by atoms with Crippen LogP contribution in [-0.2, 0) is 10.0 Å². The minimum Gasteiger partial charge on any atom is -0.321 e. The number of aromatic amines is 1. The van der Waals surface area contributed by atoms with Gasteiger partial charge in [0, 0.05) is 17.3 Å². The van der Waals surface area contributed by atoms with Crippen molar-refractivity contribution in [2.24, 2.45) is 0 Å². The maximum atomic E-state index is 12.4. The highest BCUT2D eigenvalue weighted by Gasteiger charge is 2.16. The Kier molecular flexibility index (Phi) is 4.94. The number of anilines is 2. The lowest BCUT2D eigenvalue weighted by Gasteiger charge is -2.07. The number of thiophene rings is 1. The van der Waals surface area contributed by atoms with Crippen LogP contribution in [-0.4, -0.2) is 29.5 Å². The van der Waals surface area contributed by atoms with E-state index in [0.717, 1.165) is 10.6 Å². The lowest BCUT2D eigenvalue weighted by Crippen LogP contribution is -2.14. The minimum atomic E-state index is -3.73. The summed E-state index contributed by atoms with van der Waals surface area (Å²) in [7, 11) is -3.73. The number of carbonyl (C=O) groups is 1. The number of aromatic nitrogens is 3. The normalized spacial score (nSPS) is 11.3. The van der Waals surface area contributed by atoms with Crippen molar-refractivity contribution >= 4 is 49.4 Å². The number of rotatable bonds is 6. The molecule has 0 saturated carbocycles. The van der Waals surface area contributed by atoms with Gasteiger partial charge in [-0.2, -0.15) is 5.10 Å². The van der Waals surface area contributed by atoms with Gasteiger partial charge in [-0.15, -0.1) is 22.7 Å². The fraction of sp³-hybridized carbons (Fsp3) is 0. The van der Waals surface area contributed by atoms with Crippen molar-refractivity contribution in [3.63, 3.8) is 0 Å². The maximum Gasteiger partial charge on any atom is 0.276 e. The average Bonchev–Trinajstić information content (AvgIpc) is 3.43. The molecule has 0 aliphatic heterocycles. The molecule has 0 spiro atoms. The minimum absolute atomic E-state index is 0.0699. The van der Waals surface area contributed by atoms with Gasteiger partial charge in [-0.05, 0) is 41.8 Å². The molecule has 1 amide bonds. The second kappa shape index (κ2) is 7.54. The number of thiazole rings is 1. The van der Waals surface area contributed by atoms with Gasteiger partial charge >= 0.3 is 0 Å². The molecule has 1 aromatic carbocycles. The highest BCUT2D eigenvalue weighted by atomic mass is 32.2. The van der Waals surface area contributed by atoms with Crippen molar-refractivity contribution < 1.29 is 13.2 Å². The maximum absolute atomic E-state index is 12.4. The largest absolute Gasteiger partial charge is 0.321 e. The first-order valence-corrected chi connectivity index (χ1v) is 11.2. The molecule has 0 unspecified atom stereocenters. The molecule has 4 rings (SSSR count). The van der Waals surface area contributed by atoms with E-state index in [2.05, 4.69) is 25.2 Å². The molecular formula is C17H13N5O3S3. The van der Waals surface area contributed by atoms with E-state index in [1.165, 1.54) is 41.8 Å². The van der Waals surface area contributed by atoms with E-state index in [4.69, 9.17) is 0 Å². The van der Waals surface area contributed by atoms with Crippen LogP contribution >= 0.6 is 22.7 Å². The Morgan fingerprint density at radius 1 is 1.07 bits per heavy atom. The van der Waals surface area contributed by atoms with Crippen LogP contribution in [0.2, 0.25) is 0 Å². The zero-order chi connectivity index (χ0) is 19.6. The Morgan fingerprint density at radius 3 is 2.57 bits per heavy atom. The third-order valence-electron chi connectivity index (χ3n) is 3.67. The highest BCUT2D eigenvalue weighted by molar-refractivity contribution is 7.93. The van der Waals surface area contributed by atoms with Gasteiger partial charge < -0.3 is 5.32 Å². The van der Waals surface area contributed by atoms with Crippen LogP contribution in [0.1, 0.15) is 10.5 Å². The molecule has 4 aromatic rings. The summed E-state index contributed by atoms with van der Waals surface area (Å²) in [5.41, 5.74) is 1.46. The molecule has 0 atom stereocenters. The second-order valence-electron chi connectivity index (χ2n) is 5.57. The van der Waals surface area contributed by atoms with Crippen molar-refractivity contribution in [1.82, 2.24) is 15.2 Å². The summed E-state index contributed by atoms with van der Waals surface area (Å²) in [5, 5.41) is 13.5. The van der Waals surface area contributed by atoms with Crippen LogP contribution in [0.4, 0.5) is 10.8 Å². The highest BCUT2D eigenvalue weighted by Crippen LogP contribution is 2.23. The molecule has 0 radical (unpaired) electrons.